The Morgan fingerprint density at radius 3 is 1.90 bits per heavy atom. The van der Waals surface area contributed by atoms with Crippen molar-refractivity contribution < 1.29 is 29.0 Å². The van der Waals surface area contributed by atoms with E-state index in [1.54, 1.807) is 0 Å². The standard InChI is InChI=1S/C25H47NO5/c1-5-6-7-14-17-22(27)18-15-12-10-8-9-11-13-16-19-25(30)31-23(20-24(28)29)21-26(2,3)4/h17,23H,5-16,18-21H2,1-4H3,(H-,27,28,29)/p+1. The molecular formula is C25H48NO5+. The van der Waals surface area contributed by atoms with Gasteiger partial charge in [0.05, 0.1) is 33.3 Å². The molecule has 0 heterocycles. The van der Waals surface area contributed by atoms with Crippen molar-refractivity contribution in [3.63, 3.8) is 0 Å². The Morgan fingerprint density at radius 1 is 0.839 bits per heavy atom. The number of aliphatic carboxylic acids is 1. The number of unbranched alkanes of at least 4 members (excludes halogenated alkanes) is 10. The van der Waals surface area contributed by atoms with E-state index in [1.807, 2.05) is 27.2 Å². The predicted octanol–water partition coefficient (Wildman–Crippen LogP) is 6.00. The number of aliphatic hydroxyl groups is 1. The van der Waals surface area contributed by atoms with Crippen LogP contribution in [-0.4, -0.2) is 60.4 Å². The maximum Gasteiger partial charge on any atom is 0.307 e. The average Bonchev–Trinajstić information content (AvgIpc) is 2.64. The van der Waals surface area contributed by atoms with Gasteiger partial charge in [-0.05, 0) is 31.8 Å². The van der Waals surface area contributed by atoms with Crippen molar-refractivity contribution in [1.82, 2.24) is 0 Å². The fourth-order valence-electron chi connectivity index (χ4n) is 3.60. The van der Waals surface area contributed by atoms with E-state index < -0.39 is 12.1 Å². The molecular weight excluding hydrogens is 394 g/mol. The van der Waals surface area contributed by atoms with E-state index in [0.717, 1.165) is 57.8 Å². The van der Waals surface area contributed by atoms with Crippen molar-refractivity contribution >= 4 is 11.9 Å². The van der Waals surface area contributed by atoms with Crippen LogP contribution in [0.4, 0.5) is 0 Å². The van der Waals surface area contributed by atoms with Crippen LogP contribution in [0, 0.1) is 0 Å². The van der Waals surface area contributed by atoms with Crippen molar-refractivity contribution in [2.24, 2.45) is 0 Å². The molecule has 1 atom stereocenters. The van der Waals surface area contributed by atoms with E-state index in [9.17, 15) is 14.7 Å². The van der Waals surface area contributed by atoms with Crippen LogP contribution in [0.3, 0.4) is 0 Å². The molecule has 0 aromatic heterocycles. The molecule has 0 radical (unpaired) electrons. The highest BCUT2D eigenvalue weighted by Crippen LogP contribution is 2.14. The normalized spacial score (nSPS) is 13.2. The minimum absolute atomic E-state index is 0.145. The fourth-order valence-corrected chi connectivity index (χ4v) is 3.60. The second-order valence-electron chi connectivity index (χ2n) is 9.70. The van der Waals surface area contributed by atoms with Gasteiger partial charge in [0, 0.05) is 12.8 Å². The number of nitrogens with zero attached hydrogens (tertiary/aromatic N) is 1. The number of esters is 1. The molecule has 1 unspecified atom stereocenters. The van der Waals surface area contributed by atoms with Gasteiger partial charge in [-0.2, -0.15) is 0 Å². The molecule has 0 rings (SSSR count). The number of quaternary nitrogens is 1. The first-order chi connectivity index (χ1) is 14.6. The fraction of sp³-hybridized carbons (Fsp3) is 0.840. The summed E-state index contributed by atoms with van der Waals surface area (Å²) in [7, 11) is 5.87. The zero-order valence-corrected chi connectivity index (χ0v) is 20.5. The van der Waals surface area contributed by atoms with Crippen molar-refractivity contribution in [2.75, 3.05) is 27.7 Å². The van der Waals surface area contributed by atoms with Gasteiger partial charge in [-0.25, -0.2) is 0 Å². The van der Waals surface area contributed by atoms with Crippen LogP contribution in [0.1, 0.15) is 103 Å². The zero-order valence-electron chi connectivity index (χ0n) is 20.5. The number of carbonyl (C=O) groups is 2. The van der Waals surface area contributed by atoms with Crippen molar-refractivity contribution in [3.8, 4) is 0 Å². The Labute approximate surface area is 190 Å². The lowest BCUT2D eigenvalue weighted by Gasteiger charge is -2.28. The van der Waals surface area contributed by atoms with E-state index in [1.165, 1.54) is 25.7 Å². The maximum atomic E-state index is 12.0. The van der Waals surface area contributed by atoms with Gasteiger partial charge < -0.3 is 19.4 Å². The summed E-state index contributed by atoms with van der Waals surface area (Å²) in [5, 5.41) is 18.8. The van der Waals surface area contributed by atoms with Crippen LogP contribution >= 0.6 is 0 Å². The summed E-state index contributed by atoms with van der Waals surface area (Å²) in [6.07, 6.45) is 15.6. The molecule has 0 aliphatic carbocycles. The van der Waals surface area contributed by atoms with Crippen LogP contribution in [0.2, 0.25) is 0 Å². The van der Waals surface area contributed by atoms with Gasteiger partial charge in [-0.1, -0.05) is 58.3 Å². The Bertz CT molecular complexity index is 511. The molecule has 31 heavy (non-hydrogen) atoms. The first-order valence-electron chi connectivity index (χ1n) is 12.2. The van der Waals surface area contributed by atoms with Gasteiger partial charge >= 0.3 is 11.9 Å². The number of aliphatic hydroxyl groups excluding tert-OH is 1. The van der Waals surface area contributed by atoms with E-state index in [-0.39, 0.29) is 12.4 Å². The first-order valence-corrected chi connectivity index (χ1v) is 12.2. The summed E-state index contributed by atoms with van der Waals surface area (Å²) < 4.78 is 5.96. The molecule has 6 nitrogen and oxygen atoms in total. The lowest BCUT2D eigenvalue weighted by atomic mass is 10.1. The van der Waals surface area contributed by atoms with Crippen LogP contribution in [0.5, 0.6) is 0 Å². The monoisotopic (exact) mass is 442 g/mol. The van der Waals surface area contributed by atoms with Gasteiger partial charge in [0.15, 0.2) is 6.10 Å². The molecule has 0 fully saturated rings. The summed E-state index contributed by atoms with van der Waals surface area (Å²) in [5.41, 5.74) is 0. The summed E-state index contributed by atoms with van der Waals surface area (Å²) >= 11 is 0. The summed E-state index contributed by atoms with van der Waals surface area (Å²) in [6, 6.07) is 0. The highest BCUT2D eigenvalue weighted by Gasteiger charge is 2.24. The number of ether oxygens (including phenoxy) is 1. The van der Waals surface area contributed by atoms with Crippen molar-refractivity contribution in [1.29, 1.82) is 0 Å². The van der Waals surface area contributed by atoms with Gasteiger partial charge in [-0.15, -0.1) is 0 Å². The van der Waals surface area contributed by atoms with Crippen molar-refractivity contribution in [3.05, 3.63) is 11.8 Å². The Kier molecular flexibility index (Phi) is 17.1. The third-order valence-electron chi connectivity index (χ3n) is 5.20. The Balaban J connectivity index is 3.70. The molecule has 0 bridgehead atoms. The number of hydrogen-bond acceptors (Lipinski definition) is 4. The zero-order chi connectivity index (χ0) is 23.5. The third-order valence-corrected chi connectivity index (χ3v) is 5.20. The summed E-state index contributed by atoms with van der Waals surface area (Å²) in [4.78, 5) is 23.0. The lowest BCUT2D eigenvalue weighted by molar-refractivity contribution is -0.873. The molecule has 0 aliphatic heterocycles. The van der Waals surface area contributed by atoms with E-state index in [0.29, 0.717) is 23.2 Å². The third kappa shape index (κ3) is 21.5. The van der Waals surface area contributed by atoms with E-state index >= 15 is 0 Å². The van der Waals surface area contributed by atoms with E-state index in [2.05, 4.69) is 6.92 Å². The largest absolute Gasteiger partial charge is 0.513 e. The molecule has 0 saturated heterocycles. The smallest absolute Gasteiger partial charge is 0.307 e. The Hall–Kier alpha value is -1.56. The number of carboxylic acid groups (broad SMARTS) is 1. The number of rotatable bonds is 20. The number of likely N-dealkylation sites (N-methyl/N-ethyl adjacent to an activating group) is 1. The second kappa shape index (κ2) is 18.1. The van der Waals surface area contributed by atoms with Crippen molar-refractivity contribution in [2.45, 2.75) is 109 Å². The topological polar surface area (TPSA) is 83.8 Å². The summed E-state index contributed by atoms with van der Waals surface area (Å²) in [6.45, 7) is 2.68. The van der Waals surface area contributed by atoms with Gasteiger partial charge in [0.1, 0.15) is 6.54 Å². The quantitative estimate of drug-likeness (QED) is 0.104. The molecule has 2 N–H and O–H groups in total. The minimum atomic E-state index is -0.940. The number of allylic oxidation sites excluding steroid dienone is 2. The molecule has 0 saturated carbocycles. The molecule has 182 valence electrons. The number of carbonyl (C=O) groups excluding carboxylic acids is 1. The molecule has 6 heteroatoms. The maximum absolute atomic E-state index is 12.0. The van der Waals surface area contributed by atoms with Crippen LogP contribution < -0.4 is 0 Å². The number of hydrogen-bond donors (Lipinski definition) is 2. The van der Waals surface area contributed by atoms with E-state index in [4.69, 9.17) is 9.84 Å². The Morgan fingerprint density at radius 2 is 1.39 bits per heavy atom. The second-order valence-corrected chi connectivity index (χ2v) is 9.70. The minimum Gasteiger partial charge on any atom is -0.513 e. The SMILES string of the molecule is CCCCCC=C(O)CCCCCCCCCCC(=O)OC(CC(=O)O)C[N+](C)(C)C. The summed E-state index contributed by atoms with van der Waals surface area (Å²) in [5.74, 6) is -0.679. The molecule has 0 spiro atoms. The predicted molar refractivity (Wildman–Crippen MR) is 126 cm³/mol. The number of carboxylic acids is 1. The average molecular weight is 443 g/mol. The van der Waals surface area contributed by atoms with Crippen LogP contribution in [0.15, 0.2) is 11.8 Å². The molecule has 0 aromatic rings. The molecule has 0 aromatic carbocycles. The highest BCUT2D eigenvalue weighted by atomic mass is 16.5. The molecule has 0 amide bonds. The van der Waals surface area contributed by atoms with Gasteiger partial charge in [-0.3, -0.25) is 9.59 Å². The van der Waals surface area contributed by atoms with Crippen LogP contribution in [-0.2, 0) is 14.3 Å². The lowest BCUT2D eigenvalue weighted by Crippen LogP contribution is -2.43. The highest BCUT2D eigenvalue weighted by molar-refractivity contribution is 5.71. The molecule has 0 aliphatic rings. The van der Waals surface area contributed by atoms with Gasteiger partial charge in [0.2, 0.25) is 0 Å². The first kappa shape index (κ1) is 29.4. The van der Waals surface area contributed by atoms with Gasteiger partial charge in [0.25, 0.3) is 0 Å². The van der Waals surface area contributed by atoms with Crippen LogP contribution in [0.25, 0.3) is 0 Å².